The van der Waals surface area contributed by atoms with E-state index < -0.39 is 0 Å². The number of nitrogens with one attached hydrogen (secondary N) is 1. The van der Waals surface area contributed by atoms with Crippen molar-refractivity contribution in [2.24, 2.45) is 0 Å². The topological polar surface area (TPSA) is 61.4 Å². The Bertz CT molecular complexity index is 651. The van der Waals surface area contributed by atoms with Gasteiger partial charge >= 0.3 is 0 Å². The van der Waals surface area contributed by atoms with Gasteiger partial charge in [-0.3, -0.25) is 4.79 Å². The van der Waals surface area contributed by atoms with Gasteiger partial charge in [-0.05, 0) is 31.2 Å². The van der Waals surface area contributed by atoms with E-state index in [-0.39, 0.29) is 5.91 Å². The van der Waals surface area contributed by atoms with Gasteiger partial charge in [0.05, 0.1) is 0 Å². The van der Waals surface area contributed by atoms with Crippen LogP contribution in [-0.4, -0.2) is 65.7 Å². The van der Waals surface area contributed by atoms with Gasteiger partial charge in [-0.15, -0.1) is 10.2 Å². The molecular weight excluding hydrogens is 302 g/mol. The van der Waals surface area contributed by atoms with Gasteiger partial charge in [0.2, 0.25) is 0 Å². The molecule has 1 aliphatic rings. The lowest BCUT2D eigenvalue weighted by Gasteiger charge is -2.32. The van der Waals surface area contributed by atoms with Crippen LogP contribution in [0.4, 0.5) is 5.82 Å². The van der Waals surface area contributed by atoms with Crippen LogP contribution in [0.15, 0.2) is 42.5 Å². The van der Waals surface area contributed by atoms with Crippen molar-refractivity contribution in [3.8, 4) is 0 Å². The Balaban J connectivity index is 1.50. The molecule has 0 bridgehead atoms. The number of hydrogen-bond donors (Lipinski definition) is 1. The molecule has 6 heteroatoms. The Morgan fingerprint density at radius 1 is 1.04 bits per heavy atom. The van der Waals surface area contributed by atoms with E-state index in [1.807, 2.05) is 29.2 Å². The van der Waals surface area contributed by atoms with Gasteiger partial charge in [0, 0.05) is 32.7 Å². The van der Waals surface area contributed by atoms with E-state index in [1.165, 1.54) is 5.56 Å². The van der Waals surface area contributed by atoms with Gasteiger partial charge in [0.1, 0.15) is 5.82 Å². The minimum absolute atomic E-state index is 0.0357. The van der Waals surface area contributed by atoms with Crippen molar-refractivity contribution in [1.29, 1.82) is 0 Å². The Hall–Kier alpha value is -2.47. The molecular formula is C18H23N5O. The summed E-state index contributed by atoms with van der Waals surface area (Å²) in [5, 5.41) is 11.4. The van der Waals surface area contributed by atoms with E-state index in [2.05, 4.69) is 39.6 Å². The molecule has 0 atom stereocenters. The molecule has 2 heterocycles. The molecule has 0 spiro atoms. The highest BCUT2D eigenvalue weighted by Gasteiger charge is 2.21. The molecule has 1 saturated heterocycles. The summed E-state index contributed by atoms with van der Waals surface area (Å²) in [6.45, 7) is 4.07. The summed E-state index contributed by atoms with van der Waals surface area (Å²) < 4.78 is 0. The highest BCUT2D eigenvalue weighted by atomic mass is 16.2. The van der Waals surface area contributed by atoms with Crippen molar-refractivity contribution in [3.63, 3.8) is 0 Å². The molecule has 24 heavy (non-hydrogen) atoms. The lowest BCUT2D eigenvalue weighted by molar-refractivity contribution is 0.0657. The van der Waals surface area contributed by atoms with Gasteiger partial charge in [0.15, 0.2) is 5.69 Å². The zero-order chi connectivity index (χ0) is 16.8. The summed E-state index contributed by atoms with van der Waals surface area (Å²) in [5.41, 5.74) is 1.69. The number of rotatable bonds is 5. The van der Waals surface area contributed by atoms with Crippen molar-refractivity contribution >= 4 is 11.7 Å². The number of carbonyl (C=O) groups excluding carboxylic acids is 1. The molecule has 0 aliphatic carbocycles. The van der Waals surface area contributed by atoms with Gasteiger partial charge < -0.3 is 15.1 Å². The Morgan fingerprint density at radius 3 is 2.46 bits per heavy atom. The summed E-state index contributed by atoms with van der Waals surface area (Å²) in [6, 6.07) is 13.9. The lowest BCUT2D eigenvalue weighted by atomic mass is 10.1. The van der Waals surface area contributed by atoms with E-state index in [9.17, 15) is 4.79 Å². The van der Waals surface area contributed by atoms with Crippen LogP contribution < -0.4 is 5.32 Å². The molecule has 0 radical (unpaired) electrons. The maximum Gasteiger partial charge on any atom is 0.274 e. The van der Waals surface area contributed by atoms with Crippen molar-refractivity contribution in [2.45, 2.75) is 6.42 Å². The van der Waals surface area contributed by atoms with E-state index in [1.54, 1.807) is 6.07 Å². The van der Waals surface area contributed by atoms with Crippen molar-refractivity contribution in [3.05, 3.63) is 53.7 Å². The van der Waals surface area contributed by atoms with E-state index in [0.717, 1.165) is 39.1 Å². The number of aromatic nitrogens is 2. The molecule has 1 fully saturated rings. The highest BCUT2D eigenvalue weighted by molar-refractivity contribution is 5.92. The van der Waals surface area contributed by atoms with Crippen molar-refractivity contribution in [1.82, 2.24) is 20.0 Å². The largest absolute Gasteiger partial charge is 0.368 e. The third kappa shape index (κ3) is 4.29. The standard InChI is InChI=1S/C18H23N5O/c1-22-11-13-23(14-12-22)18(24)16-7-8-17(21-20-16)19-10-9-15-5-3-2-4-6-15/h2-8H,9-14H2,1H3,(H,19,21). The predicted molar refractivity (Wildman–Crippen MR) is 94.1 cm³/mol. The van der Waals surface area contributed by atoms with Crippen LogP contribution in [0.5, 0.6) is 0 Å². The molecule has 1 N–H and O–H groups in total. The molecule has 1 amide bonds. The Kier molecular flexibility index (Phi) is 5.38. The second-order valence-electron chi connectivity index (χ2n) is 6.06. The van der Waals surface area contributed by atoms with Crippen LogP contribution in [0, 0.1) is 0 Å². The molecule has 3 rings (SSSR count). The number of piperazine rings is 1. The molecule has 1 aliphatic heterocycles. The molecule has 0 saturated carbocycles. The summed E-state index contributed by atoms with van der Waals surface area (Å²) >= 11 is 0. The third-order valence-electron chi connectivity index (χ3n) is 4.24. The molecule has 1 aromatic heterocycles. The quantitative estimate of drug-likeness (QED) is 0.903. The van der Waals surface area contributed by atoms with Crippen molar-refractivity contribution < 1.29 is 4.79 Å². The average molecular weight is 325 g/mol. The molecule has 126 valence electrons. The van der Waals surface area contributed by atoms with Crippen LogP contribution in [0.25, 0.3) is 0 Å². The summed E-state index contributed by atoms with van der Waals surface area (Å²) in [6.07, 6.45) is 0.921. The van der Waals surface area contributed by atoms with E-state index >= 15 is 0 Å². The minimum atomic E-state index is -0.0357. The number of nitrogens with zero attached hydrogens (tertiary/aromatic N) is 4. The monoisotopic (exact) mass is 325 g/mol. The fraction of sp³-hybridized carbons (Fsp3) is 0.389. The number of anilines is 1. The fourth-order valence-corrected chi connectivity index (χ4v) is 2.69. The molecule has 6 nitrogen and oxygen atoms in total. The summed E-state index contributed by atoms with van der Waals surface area (Å²) in [5.74, 6) is 0.660. The van der Waals surface area contributed by atoms with Crippen LogP contribution in [0.2, 0.25) is 0 Å². The second kappa shape index (κ2) is 7.88. The van der Waals surface area contributed by atoms with Crippen LogP contribution in [0.3, 0.4) is 0 Å². The van der Waals surface area contributed by atoms with Crippen LogP contribution in [-0.2, 0) is 6.42 Å². The molecule has 0 unspecified atom stereocenters. The number of benzene rings is 1. The first-order valence-electron chi connectivity index (χ1n) is 8.32. The number of carbonyl (C=O) groups is 1. The second-order valence-corrected chi connectivity index (χ2v) is 6.06. The SMILES string of the molecule is CN1CCN(C(=O)c2ccc(NCCc3ccccc3)nn2)CC1. The average Bonchev–Trinajstić information content (AvgIpc) is 2.63. The number of amides is 1. The normalized spacial score (nSPS) is 15.3. The summed E-state index contributed by atoms with van der Waals surface area (Å²) in [4.78, 5) is 16.5. The molecule has 1 aromatic carbocycles. The van der Waals surface area contributed by atoms with Crippen molar-refractivity contribution in [2.75, 3.05) is 45.1 Å². The fourth-order valence-electron chi connectivity index (χ4n) is 2.69. The predicted octanol–water partition coefficient (Wildman–Crippen LogP) is 1.52. The zero-order valence-electron chi connectivity index (χ0n) is 14.0. The van der Waals surface area contributed by atoms with E-state index in [4.69, 9.17) is 0 Å². The lowest BCUT2D eigenvalue weighted by Crippen LogP contribution is -2.47. The van der Waals surface area contributed by atoms with Gasteiger partial charge in [-0.2, -0.15) is 0 Å². The van der Waals surface area contributed by atoms with Gasteiger partial charge in [-0.1, -0.05) is 30.3 Å². The van der Waals surface area contributed by atoms with E-state index in [0.29, 0.717) is 11.5 Å². The molecule has 2 aromatic rings. The highest BCUT2D eigenvalue weighted by Crippen LogP contribution is 2.08. The van der Waals surface area contributed by atoms with Gasteiger partial charge in [0.25, 0.3) is 5.91 Å². The number of hydrogen-bond acceptors (Lipinski definition) is 5. The first kappa shape index (κ1) is 16.4. The van der Waals surface area contributed by atoms with Gasteiger partial charge in [-0.25, -0.2) is 0 Å². The zero-order valence-corrected chi connectivity index (χ0v) is 14.0. The smallest absolute Gasteiger partial charge is 0.274 e. The first-order valence-corrected chi connectivity index (χ1v) is 8.32. The Labute approximate surface area is 142 Å². The minimum Gasteiger partial charge on any atom is -0.368 e. The Morgan fingerprint density at radius 2 is 1.79 bits per heavy atom. The van der Waals surface area contributed by atoms with Crippen LogP contribution >= 0.6 is 0 Å². The third-order valence-corrected chi connectivity index (χ3v) is 4.24. The summed E-state index contributed by atoms with van der Waals surface area (Å²) in [7, 11) is 2.07. The van der Waals surface area contributed by atoms with Crippen LogP contribution in [0.1, 0.15) is 16.1 Å². The maximum atomic E-state index is 12.4. The maximum absolute atomic E-state index is 12.4. The first-order chi connectivity index (χ1) is 11.7. The number of likely N-dealkylation sites (N-methyl/N-ethyl adjacent to an activating group) is 1.